The maximum Gasteiger partial charge on any atom is 0.417 e. The summed E-state index contributed by atoms with van der Waals surface area (Å²) in [6.45, 7) is 4.87. The molecule has 2 aromatic carbocycles. The van der Waals surface area contributed by atoms with Crippen LogP contribution in [-0.4, -0.2) is 69.7 Å². The van der Waals surface area contributed by atoms with Crippen molar-refractivity contribution in [3.05, 3.63) is 75.7 Å². The zero-order valence-electron chi connectivity index (χ0n) is 23.2. The van der Waals surface area contributed by atoms with Crippen LogP contribution in [0.25, 0.3) is 16.9 Å². The third-order valence-electron chi connectivity index (χ3n) is 6.86. The van der Waals surface area contributed by atoms with E-state index in [4.69, 9.17) is 11.6 Å². The zero-order chi connectivity index (χ0) is 29.4. The standard InChI is InChI=1S/C28H31ClF3N7O/c1-17-7-8-19(11-24(17)39-16-23(34-35-39)21-15-33-38(6)18(21)2)12-26(40)20-13-22(28(30,31)32)27(29)25(14-20)37(5)10-9-36(3)4/h7-8,11,13-16H,9-10,12H2,1-6H3. The van der Waals surface area contributed by atoms with Crippen molar-refractivity contribution >= 4 is 23.1 Å². The number of hydrogen-bond acceptors (Lipinski definition) is 6. The molecule has 0 aliphatic rings. The topological polar surface area (TPSA) is 72.1 Å². The number of likely N-dealkylation sites (N-methyl/N-ethyl adjacent to an activating group) is 2. The summed E-state index contributed by atoms with van der Waals surface area (Å²) >= 11 is 6.20. The molecule has 8 nitrogen and oxygen atoms in total. The number of nitrogens with zero attached hydrogens (tertiary/aromatic N) is 7. The lowest BCUT2D eigenvalue weighted by Crippen LogP contribution is -2.29. The first-order chi connectivity index (χ1) is 18.8. The molecule has 0 bridgehead atoms. The number of carbonyl (C=O) groups excluding carboxylic acids is 1. The second kappa shape index (κ2) is 11.4. The molecule has 0 amide bonds. The van der Waals surface area contributed by atoms with Crippen molar-refractivity contribution in [2.24, 2.45) is 7.05 Å². The van der Waals surface area contributed by atoms with Gasteiger partial charge in [-0.15, -0.1) is 5.10 Å². The molecule has 0 N–H and O–H groups in total. The number of aromatic nitrogens is 5. The number of aryl methyl sites for hydroxylation is 2. The van der Waals surface area contributed by atoms with Crippen molar-refractivity contribution in [2.45, 2.75) is 26.4 Å². The minimum Gasteiger partial charge on any atom is -0.372 e. The van der Waals surface area contributed by atoms with E-state index in [1.165, 1.54) is 6.07 Å². The van der Waals surface area contributed by atoms with Crippen LogP contribution in [0, 0.1) is 13.8 Å². The van der Waals surface area contributed by atoms with Crippen molar-refractivity contribution in [3.63, 3.8) is 0 Å². The summed E-state index contributed by atoms with van der Waals surface area (Å²) in [6, 6.07) is 7.70. The van der Waals surface area contributed by atoms with Gasteiger partial charge >= 0.3 is 6.18 Å². The van der Waals surface area contributed by atoms with Crippen molar-refractivity contribution < 1.29 is 18.0 Å². The Bertz CT molecular complexity index is 1540. The molecule has 4 aromatic rings. The maximum atomic E-state index is 13.9. The zero-order valence-corrected chi connectivity index (χ0v) is 24.0. The predicted octanol–water partition coefficient (Wildman–Crippen LogP) is 5.38. The third kappa shape index (κ3) is 6.20. The number of hydrogen-bond donors (Lipinski definition) is 0. The van der Waals surface area contributed by atoms with Crippen LogP contribution in [0.3, 0.4) is 0 Å². The molecule has 4 rings (SSSR count). The van der Waals surface area contributed by atoms with Crippen LogP contribution in [0.4, 0.5) is 18.9 Å². The highest BCUT2D eigenvalue weighted by Gasteiger charge is 2.36. The lowest BCUT2D eigenvalue weighted by atomic mass is 9.98. The molecule has 0 saturated carbocycles. The number of alkyl halides is 3. The largest absolute Gasteiger partial charge is 0.417 e. The van der Waals surface area contributed by atoms with E-state index in [0.717, 1.165) is 22.9 Å². The molecular weight excluding hydrogens is 543 g/mol. The second-order valence-corrected chi connectivity index (χ2v) is 10.5. The van der Waals surface area contributed by atoms with E-state index in [2.05, 4.69) is 15.4 Å². The molecule has 0 aliphatic carbocycles. The molecule has 0 saturated heterocycles. The molecule has 40 heavy (non-hydrogen) atoms. The monoisotopic (exact) mass is 573 g/mol. The first kappa shape index (κ1) is 29.3. The molecule has 0 fully saturated rings. The van der Waals surface area contributed by atoms with Crippen LogP contribution in [0.1, 0.15) is 32.7 Å². The Balaban J connectivity index is 1.64. The van der Waals surface area contributed by atoms with E-state index >= 15 is 0 Å². The fraction of sp³-hybridized carbons (Fsp3) is 0.357. The minimum atomic E-state index is -4.71. The van der Waals surface area contributed by atoms with Crippen molar-refractivity contribution in [3.8, 4) is 16.9 Å². The number of rotatable bonds is 9. The molecular formula is C28H31ClF3N7O. The Kier molecular flexibility index (Phi) is 8.36. The quantitative estimate of drug-likeness (QED) is 0.250. The Morgan fingerprint density at radius 1 is 1.07 bits per heavy atom. The van der Waals surface area contributed by atoms with Gasteiger partial charge < -0.3 is 9.80 Å². The molecule has 0 atom stereocenters. The summed E-state index contributed by atoms with van der Waals surface area (Å²) in [5.41, 5.74) is 3.76. The van der Waals surface area contributed by atoms with Crippen molar-refractivity contribution in [1.29, 1.82) is 0 Å². The third-order valence-corrected chi connectivity index (χ3v) is 7.26. The molecule has 12 heteroatoms. The molecule has 0 aliphatic heterocycles. The van der Waals surface area contributed by atoms with E-state index in [0.29, 0.717) is 30.0 Å². The molecule has 0 spiro atoms. The number of carbonyl (C=O) groups is 1. The van der Waals surface area contributed by atoms with Crippen molar-refractivity contribution in [1.82, 2.24) is 29.7 Å². The van der Waals surface area contributed by atoms with E-state index in [-0.39, 0.29) is 17.7 Å². The highest BCUT2D eigenvalue weighted by molar-refractivity contribution is 6.34. The summed E-state index contributed by atoms with van der Waals surface area (Å²) < 4.78 is 45.0. The summed E-state index contributed by atoms with van der Waals surface area (Å²) in [4.78, 5) is 16.9. The van der Waals surface area contributed by atoms with Gasteiger partial charge in [-0.2, -0.15) is 18.3 Å². The first-order valence-corrected chi connectivity index (χ1v) is 12.9. The summed E-state index contributed by atoms with van der Waals surface area (Å²) in [5, 5.41) is 12.4. The van der Waals surface area contributed by atoms with Crippen LogP contribution in [0.15, 0.2) is 42.7 Å². The van der Waals surface area contributed by atoms with Gasteiger partial charge in [0, 0.05) is 50.4 Å². The van der Waals surface area contributed by atoms with Crippen LogP contribution < -0.4 is 4.90 Å². The molecule has 2 aromatic heterocycles. The fourth-order valence-corrected chi connectivity index (χ4v) is 4.64. The number of ketones is 1. The van der Waals surface area contributed by atoms with Crippen molar-refractivity contribution in [2.75, 3.05) is 39.1 Å². The van der Waals surface area contributed by atoms with E-state index in [9.17, 15) is 18.0 Å². The predicted molar refractivity (Wildman–Crippen MR) is 149 cm³/mol. The summed E-state index contributed by atoms with van der Waals surface area (Å²) in [5.74, 6) is -0.454. The Morgan fingerprint density at radius 2 is 1.80 bits per heavy atom. The lowest BCUT2D eigenvalue weighted by molar-refractivity contribution is -0.137. The van der Waals surface area contributed by atoms with Gasteiger partial charge in [0.05, 0.1) is 34.4 Å². The van der Waals surface area contributed by atoms with Crippen LogP contribution in [0.5, 0.6) is 0 Å². The van der Waals surface area contributed by atoms with Gasteiger partial charge in [-0.25, -0.2) is 4.68 Å². The fourth-order valence-electron chi connectivity index (χ4n) is 4.28. The summed E-state index contributed by atoms with van der Waals surface area (Å²) in [7, 11) is 7.24. The number of benzene rings is 2. The van der Waals surface area contributed by atoms with E-state index in [1.807, 2.05) is 46.0 Å². The normalized spacial score (nSPS) is 11.9. The molecule has 0 unspecified atom stereocenters. The van der Waals surface area contributed by atoms with Gasteiger partial charge in [-0.3, -0.25) is 9.48 Å². The lowest BCUT2D eigenvalue weighted by Gasteiger charge is -2.25. The Hall–Kier alpha value is -3.70. The number of anilines is 1. The number of Topliss-reactive ketones (excluding diaryl/α,β-unsaturated/α-hetero) is 1. The Labute approximate surface area is 236 Å². The molecule has 0 radical (unpaired) electrons. The van der Waals surface area contributed by atoms with E-state index in [1.54, 1.807) is 45.8 Å². The van der Waals surface area contributed by atoms with Gasteiger partial charge in [-0.05, 0) is 57.3 Å². The summed E-state index contributed by atoms with van der Waals surface area (Å²) in [6.07, 6.45) is -1.31. The molecule has 212 valence electrons. The van der Waals surface area contributed by atoms with Crippen LogP contribution in [0.2, 0.25) is 5.02 Å². The van der Waals surface area contributed by atoms with Crippen LogP contribution >= 0.6 is 11.6 Å². The van der Waals surface area contributed by atoms with Gasteiger partial charge in [-0.1, -0.05) is 28.9 Å². The smallest absolute Gasteiger partial charge is 0.372 e. The second-order valence-electron chi connectivity index (χ2n) is 10.1. The number of halogens is 4. The first-order valence-electron chi connectivity index (χ1n) is 12.6. The maximum absolute atomic E-state index is 13.9. The van der Waals surface area contributed by atoms with Gasteiger partial charge in [0.2, 0.25) is 0 Å². The van der Waals surface area contributed by atoms with E-state index < -0.39 is 22.5 Å². The average Bonchev–Trinajstić information content (AvgIpc) is 3.49. The molecule has 2 heterocycles. The highest BCUT2D eigenvalue weighted by Crippen LogP contribution is 2.40. The SMILES string of the molecule is Cc1ccc(CC(=O)c2cc(N(C)CCN(C)C)c(Cl)c(C(F)(F)F)c2)cc1-n1cc(-c2cnn(C)c2C)nn1. The van der Waals surface area contributed by atoms with Gasteiger partial charge in [0.1, 0.15) is 5.69 Å². The minimum absolute atomic E-state index is 0.0550. The average molecular weight is 574 g/mol. The van der Waals surface area contributed by atoms with Gasteiger partial charge in [0.15, 0.2) is 5.78 Å². The van der Waals surface area contributed by atoms with Gasteiger partial charge in [0.25, 0.3) is 0 Å². The highest BCUT2D eigenvalue weighted by atomic mass is 35.5. The Morgan fingerprint density at radius 3 is 2.42 bits per heavy atom. The van der Waals surface area contributed by atoms with Crippen LogP contribution in [-0.2, 0) is 19.6 Å².